The van der Waals surface area contributed by atoms with Gasteiger partial charge >= 0.3 is 0 Å². The molecule has 9 heteroatoms. The highest BCUT2D eigenvalue weighted by molar-refractivity contribution is 5.77. The number of hydrogen-bond donors (Lipinski definition) is 2. The molecule has 0 radical (unpaired) electrons. The molecule has 0 bridgehead atoms. The van der Waals surface area contributed by atoms with Crippen LogP contribution in [0, 0.1) is 6.92 Å². The Morgan fingerprint density at radius 1 is 1.24 bits per heavy atom. The van der Waals surface area contributed by atoms with Gasteiger partial charge in [-0.2, -0.15) is 10.2 Å². The number of likely N-dealkylation sites (tertiary alicyclic amines) is 1. The first-order valence-corrected chi connectivity index (χ1v) is 9.54. The van der Waals surface area contributed by atoms with E-state index in [-0.39, 0.29) is 30.4 Å². The number of H-pyrrole nitrogens is 1. The molecule has 4 rings (SSSR count). The highest BCUT2D eigenvalue weighted by Gasteiger charge is 2.38. The minimum absolute atomic E-state index is 0.0800. The smallest absolute Gasteiger partial charge is 0.244 e. The zero-order valence-electron chi connectivity index (χ0n) is 16.4. The van der Waals surface area contributed by atoms with E-state index < -0.39 is 0 Å². The zero-order chi connectivity index (χ0) is 20.4. The van der Waals surface area contributed by atoms with E-state index in [2.05, 4.69) is 25.6 Å². The fourth-order valence-electron chi connectivity index (χ4n) is 3.68. The van der Waals surface area contributed by atoms with Crippen LogP contribution in [0.25, 0.3) is 11.4 Å². The Hall–Kier alpha value is -3.49. The average Bonchev–Trinajstić information content (AvgIpc) is 3.41. The van der Waals surface area contributed by atoms with Gasteiger partial charge in [0.2, 0.25) is 11.8 Å². The van der Waals surface area contributed by atoms with E-state index in [4.69, 9.17) is 0 Å². The SMILES string of the molecule is CC(=O)N[C@H]1C[C@@H](c2nc(-c3ccccc3)n[nH]2)N(C(=O)Cn2ccc(C)n2)C1. The Bertz CT molecular complexity index is 1010. The average molecular weight is 393 g/mol. The van der Waals surface area contributed by atoms with Crippen molar-refractivity contribution >= 4 is 11.8 Å². The van der Waals surface area contributed by atoms with Crippen molar-refractivity contribution in [2.45, 2.75) is 38.9 Å². The van der Waals surface area contributed by atoms with Gasteiger partial charge in [-0.25, -0.2) is 4.98 Å². The van der Waals surface area contributed by atoms with Gasteiger partial charge in [0, 0.05) is 31.3 Å². The summed E-state index contributed by atoms with van der Waals surface area (Å²) in [4.78, 5) is 30.9. The molecule has 2 atom stereocenters. The van der Waals surface area contributed by atoms with Crippen molar-refractivity contribution in [1.82, 2.24) is 35.2 Å². The lowest BCUT2D eigenvalue weighted by Gasteiger charge is -2.22. The molecule has 1 fully saturated rings. The fraction of sp³-hybridized carbons (Fsp3) is 0.350. The van der Waals surface area contributed by atoms with Crippen molar-refractivity contribution in [3.05, 3.63) is 54.1 Å². The van der Waals surface area contributed by atoms with Crippen molar-refractivity contribution in [1.29, 1.82) is 0 Å². The summed E-state index contributed by atoms with van der Waals surface area (Å²) in [7, 11) is 0. The van der Waals surface area contributed by atoms with Gasteiger partial charge in [0.15, 0.2) is 5.82 Å². The molecule has 0 saturated carbocycles. The summed E-state index contributed by atoms with van der Waals surface area (Å²) in [6.07, 6.45) is 2.36. The molecule has 1 saturated heterocycles. The summed E-state index contributed by atoms with van der Waals surface area (Å²) >= 11 is 0. The van der Waals surface area contributed by atoms with Crippen LogP contribution >= 0.6 is 0 Å². The maximum atomic E-state index is 13.0. The molecule has 29 heavy (non-hydrogen) atoms. The third-order valence-electron chi connectivity index (χ3n) is 4.95. The zero-order valence-corrected chi connectivity index (χ0v) is 16.4. The molecule has 9 nitrogen and oxygen atoms in total. The molecule has 2 amide bonds. The summed E-state index contributed by atoms with van der Waals surface area (Å²) < 4.78 is 1.62. The van der Waals surface area contributed by atoms with Crippen LogP contribution in [0.2, 0.25) is 0 Å². The van der Waals surface area contributed by atoms with E-state index in [0.29, 0.717) is 24.6 Å². The number of amides is 2. The number of carbonyl (C=O) groups excluding carboxylic acids is 2. The van der Waals surface area contributed by atoms with Crippen LogP contribution in [0.5, 0.6) is 0 Å². The quantitative estimate of drug-likeness (QED) is 0.682. The number of aromatic nitrogens is 5. The number of rotatable bonds is 5. The van der Waals surface area contributed by atoms with Gasteiger partial charge < -0.3 is 10.2 Å². The highest BCUT2D eigenvalue weighted by atomic mass is 16.2. The normalized spacial score (nSPS) is 18.8. The lowest BCUT2D eigenvalue weighted by atomic mass is 10.1. The second-order valence-electron chi connectivity index (χ2n) is 7.26. The molecule has 1 aliphatic heterocycles. The van der Waals surface area contributed by atoms with Gasteiger partial charge in [0.25, 0.3) is 0 Å². The number of aromatic amines is 1. The molecule has 150 valence electrons. The van der Waals surface area contributed by atoms with Crippen LogP contribution in [0.1, 0.15) is 30.9 Å². The van der Waals surface area contributed by atoms with E-state index in [1.807, 2.05) is 43.3 Å². The molecular formula is C20H23N7O2. The van der Waals surface area contributed by atoms with E-state index >= 15 is 0 Å². The summed E-state index contributed by atoms with van der Waals surface area (Å²) in [6, 6.07) is 11.1. The van der Waals surface area contributed by atoms with Crippen LogP contribution in [0.15, 0.2) is 42.6 Å². The van der Waals surface area contributed by atoms with Crippen molar-refractivity contribution in [3.63, 3.8) is 0 Å². The van der Waals surface area contributed by atoms with Crippen LogP contribution in [-0.2, 0) is 16.1 Å². The first-order valence-electron chi connectivity index (χ1n) is 9.54. The Labute approximate surface area is 168 Å². The molecule has 1 aromatic carbocycles. The summed E-state index contributed by atoms with van der Waals surface area (Å²) in [6.45, 7) is 3.92. The van der Waals surface area contributed by atoms with E-state index in [0.717, 1.165) is 11.3 Å². The standard InChI is InChI=1S/C20H23N7O2/c1-13-8-9-26(25-13)12-18(29)27-11-16(21-14(2)28)10-17(27)20-22-19(23-24-20)15-6-4-3-5-7-15/h3-9,16-17H,10-12H2,1-2H3,(H,21,28)(H,22,23,24)/t16-,17-/m0/s1. The molecule has 1 aliphatic rings. The summed E-state index contributed by atoms with van der Waals surface area (Å²) in [5, 5.41) is 14.5. The van der Waals surface area contributed by atoms with Gasteiger partial charge in [-0.3, -0.25) is 19.4 Å². The van der Waals surface area contributed by atoms with E-state index in [1.165, 1.54) is 6.92 Å². The van der Waals surface area contributed by atoms with Crippen molar-refractivity contribution in [2.24, 2.45) is 0 Å². The lowest BCUT2D eigenvalue weighted by molar-refractivity contribution is -0.133. The lowest BCUT2D eigenvalue weighted by Crippen LogP contribution is -2.39. The van der Waals surface area contributed by atoms with E-state index in [1.54, 1.807) is 15.8 Å². The molecule has 3 aromatic rings. The Morgan fingerprint density at radius 3 is 2.72 bits per heavy atom. The first-order chi connectivity index (χ1) is 14.0. The van der Waals surface area contributed by atoms with Gasteiger partial charge in [-0.05, 0) is 19.4 Å². The molecule has 2 aromatic heterocycles. The van der Waals surface area contributed by atoms with Crippen LogP contribution < -0.4 is 5.32 Å². The molecule has 3 heterocycles. The van der Waals surface area contributed by atoms with Crippen molar-refractivity contribution in [2.75, 3.05) is 6.54 Å². The third kappa shape index (κ3) is 4.18. The number of carbonyl (C=O) groups is 2. The molecule has 0 spiro atoms. The van der Waals surface area contributed by atoms with Gasteiger partial charge in [0.1, 0.15) is 12.4 Å². The number of hydrogen-bond acceptors (Lipinski definition) is 5. The van der Waals surface area contributed by atoms with Crippen LogP contribution in [0.3, 0.4) is 0 Å². The van der Waals surface area contributed by atoms with Gasteiger partial charge in [-0.1, -0.05) is 30.3 Å². The van der Waals surface area contributed by atoms with Gasteiger partial charge in [0.05, 0.1) is 11.7 Å². The van der Waals surface area contributed by atoms with Crippen LogP contribution in [0.4, 0.5) is 0 Å². The maximum absolute atomic E-state index is 13.0. The first kappa shape index (κ1) is 18.9. The highest BCUT2D eigenvalue weighted by Crippen LogP contribution is 2.31. The minimum Gasteiger partial charge on any atom is -0.352 e. The monoisotopic (exact) mass is 393 g/mol. The Kier molecular flexibility index (Phi) is 5.11. The van der Waals surface area contributed by atoms with Crippen LogP contribution in [-0.4, -0.2) is 54.3 Å². The van der Waals surface area contributed by atoms with Gasteiger partial charge in [-0.15, -0.1) is 0 Å². The predicted octanol–water partition coefficient (Wildman–Crippen LogP) is 1.45. The fourth-order valence-corrected chi connectivity index (χ4v) is 3.68. The maximum Gasteiger partial charge on any atom is 0.244 e. The molecule has 2 N–H and O–H groups in total. The van der Waals surface area contributed by atoms with Crippen molar-refractivity contribution < 1.29 is 9.59 Å². The summed E-state index contributed by atoms with van der Waals surface area (Å²) in [5.41, 5.74) is 1.76. The Morgan fingerprint density at radius 2 is 2.03 bits per heavy atom. The molecule has 0 unspecified atom stereocenters. The Balaban J connectivity index is 1.57. The van der Waals surface area contributed by atoms with E-state index in [9.17, 15) is 9.59 Å². The minimum atomic E-state index is -0.291. The number of benzene rings is 1. The number of aryl methyl sites for hydroxylation is 1. The predicted molar refractivity (Wildman–Crippen MR) is 105 cm³/mol. The third-order valence-corrected chi connectivity index (χ3v) is 4.95. The number of nitrogens with zero attached hydrogens (tertiary/aromatic N) is 5. The number of nitrogens with one attached hydrogen (secondary N) is 2. The summed E-state index contributed by atoms with van der Waals surface area (Å²) in [5.74, 6) is 0.997. The van der Waals surface area contributed by atoms with Crippen molar-refractivity contribution in [3.8, 4) is 11.4 Å². The topological polar surface area (TPSA) is 109 Å². The second-order valence-corrected chi connectivity index (χ2v) is 7.26. The largest absolute Gasteiger partial charge is 0.352 e. The molecule has 0 aliphatic carbocycles. The molecular weight excluding hydrogens is 370 g/mol. The second kappa shape index (κ2) is 7.86.